The first-order valence-electron chi connectivity index (χ1n) is 12.0. The molecular weight excluding hydrogens is 396 g/mol. The highest BCUT2D eigenvalue weighted by Gasteiger charge is 2.51. The Bertz CT molecular complexity index is 432. The first-order chi connectivity index (χ1) is 13.1. The van der Waals surface area contributed by atoms with Gasteiger partial charge in [-0.15, -0.1) is 0 Å². The van der Waals surface area contributed by atoms with E-state index in [0.29, 0.717) is 0 Å². The number of hydrogen-bond acceptors (Lipinski definition) is 1. The summed E-state index contributed by atoms with van der Waals surface area (Å²) in [6, 6.07) is 0. The molecule has 0 aromatic carbocycles. The molecule has 0 saturated heterocycles. The van der Waals surface area contributed by atoms with Gasteiger partial charge in [-0.1, -0.05) is 15.9 Å². The molecule has 0 aromatic rings. The van der Waals surface area contributed by atoms with E-state index in [-0.39, 0.29) is 0 Å². The van der Waals surface area contributed by atoms with Crippen LogP contribution in [-0.2, 0) is 0 Å². The zero-order valence-electron chi connectivity index (χ0n) is 17.9. The third-order valence-electron chi connectivity index (χ3n) is 9.17. The van der Waals surface area contributed by atoms with Gasteiger partial charge in [-0.2, -0.15) is 0 Å². The summed E-state index contributed by atoms with van der Waals surface area (Å²) < 4.78 is 0. The van der Waals surface area contributed by atoms with Crippen molar-refractivity contribution in [3.63, 3.8) is 0 Å². The van der Waals surface area contributed by atoms with Gasteiger partial charge in [0.05, 0.1) is 7.05 Å². The Labute approximate surface area is 176 Å². The van der Waals surface area contributed by atoms with E-state index in [9.17, 15) is 0 Å². The van der Waals surface area contributed by atoms with Crippen LogP contribution < -0.4 is 11.1 Å². The van der Waals surface area contributed by atoms with Crippen LogP contribution in [0.3, 0.4) is 0 Å². The Morgan fingerprint density at radius 1 is 0.667 bits per heavy atom. The summed E-state index contributed by atoms with van der Waals surface area (Å²) in [6.45, 7) is 1.29. The van der Waals surface area contributed by atoms with Gasteiger partial charge >= 0.3 is 0 Å². The van der Waals surface area contributed by atoms with Crippen LogP contribution >= 0.6 is 15.9 Å². The van der Waals surface area contributed by atoms with E-state index in [1.165, 1.54) is 11.9 Å². The number of alkyl halides is 1. The summed E-state index contributed by atoms with van der Waals surface area (Å²) in [5, 5.41) is 4.71. The lowest BCUT2D eigenvalue weighted by Crippen LogP contribution is -2.49. The number of rotatable bonds is 3. The zero-order chi connectivity index (χ0) is 19.1. The van der Waals surface area contributed by atoms with E-state index < -0.39 is 0 Å². The lowest BCUT2D eigenvalue weighted by atomic mass is 9.49. The molecule has 8 rings (SSSR count). The highest BCUT2D eigenvalue weighted by Crippen LogP contribution is 2.61. The average molecular weight is 441 g/mol. The predicted molar refractivity (Wildman–Crippen MR) is 118 cm³/mol. The standard InChI is InChI=1S/C12H21N.C11H17Br.CH5N/c1-13-8-12-5-9-2-10(6-12)4-11(3-9)7-12;12-7-11-4-8-1-9(5-11)3-10(2-8)6-11;1-2/h9-11,13H,2-8H2,1H3;8-10H,1-7H2;2H2,1H3/p+1. The number of quaternary nitrogens is 1. The fraction of sp³-hybridized carbons (Fsp3) is 1.00. The molecule has 8 bridgehead atoms. The fourth-order valence-electron chi connectivity index (χ4n) is 9.34. The van der Waals surface area contributed by atoms with Gasteiger partial charge in [-0.25, -0.2) is 0 Å². The lowest BCUT2D eigenvalue weighted by Gasteiger charge is -2.57. The molecule has 2 nitrogen and oxygen atoms in total. The van der Waals surface area contributed by atoms with Crippen molar-refractivity contribution in [2.75, 3.05) is 26.0 Å². The first-order valence-corrected chi connectivity index (χ1v) is 13.1. The van der Waals surface area contributed by atoms with Crippen molar-refractivity contribution >= 4 is 15.9 Å². The molecule has 4 N–H and O–H groups in total. The van der Waals surface area contributed by atoms with Crippen LogP contribution in [0.1, 0.15) is 77.0 Å². The van der Waals surface area contributed by atoms with Gasteiger partial charge in [0.1, 0.15) is 0 Å². The molecule has 0 radical (unpaired) electrons. The normalized spacial score (nSPS) is 50.7. The summed E-state index contributed by atoms with van der Waals surface area (Å²) in [5.41, 5.74) is 4.75. The Hall–Kier alpha value is 0.400. The summed E-state index contributed by atoms with van der Waals surface area (Å²) >= 11 is 3.74. The van der Waals surface area contributed by atoms with Crippen molar-refractivity contribution < 1.29 is 5.73 Å². The molecule has 0 unspecified atom stereocenters. The molecule has 156 valence electrons. The van der Waals surface area contributed by atoms with Crippen LogP contribution in [0.5, 0.6) is 0 Å². The molecule has 3 heteroatoms. The van der Waals surface area contributed by atoms with Crippen LogP contribution in [0.25, 0.3) is 0 Å². The fourth-order valence-corrected chi connectivity index (χ4v) is 10.0. The molecule has 8 aliphatic rings. The van der Waals surface area contributed by atoms with E-state index in [1.54, 1.807) is 84.1 Å². The minimum absolute atomic E-state index is 0.740. The van der Waals surface area contributed by atoms with Crippen molar-refractivity contribution in [1.29, 1.82) is 0 Å². The number of nitrogens with one attached hydrogen (secondary N) is 1. The Morgan fingerprint density at radius 2 is 0.963 bits per heavy atom. The topological polar surface area (TPSA) is 39.7 Å². The SMILES string of the molecule is BrCC12CC3CC(CC(C3)C1)C2.CNCC12CC3CC(CC(C3)C1)C2.C[NH3+]. The predicted octanol–water partition coefficient (Wildman–Crippen LogP) is 4.88. The van der Waals surface area contributed by atoms with Gasteiger partial charge in [0.25, 0.3) is 0 Å². The highest BCUT2D eigenvalue weighted by atomic mass is 79.9. The van der Waals surface area contributed by atoms with Crippen molar-refractivity contribution in [2.24, 2.45) is 46.3 Å². The van der Waals surface area contributed by atoms with Crippen molar-refractivity contribution in [3.05, 3.63) is 0 Å². The molecule has 8 saturated carbocycles. The van der Waals surface area contributed by atoms with E-state index in [1.807, 2.05) is 0 Å². The summed E-state index contributed by atoms with van der Waals surface area (Å²) in [6.07, 6.45) is 18.7. The zero-order valence-corrected chi connectivity index (χ0v) is 19.5. The Kier molecular flexibility index (Phi) is 6.32. The monoisotopic (exact) mass is 439 g/mol. The van der Waals surface area contributed by atoms with Crippen molar-refractivity contribution in [2.45, 2.75) is 77.0 Å². The number of hydrogen-bond donors (Lipinski definition) is 2. The van der Waals surface area contributed by atoms with Crippen LogP contribution in [0, 0.1) is 46.3 Å². The maximum atomic E-state index is 3.74. The maximum absolute atomic E-state index is 3.74. The van der Waals surface area contributed by atoms with E-state index in [4.69, 9.17) is 0 Å². The molecule has 0 aliphatic heterocycles. The Balaban J connectivity index is 0.000000123. The molecule has 8 fully saturated rings. The van der Waals surface area contributed by atoms with Crippen molar-refractivity contribution in [3.8, 4) is 0 Å². The van der Waals surface area contributed by atoms with Crippen LogP contribution in [0.4, 0.5) is 0 Å². The molecular formula is C24H44BrN2+. The second kappa shape index (κ2) is 8.26. The Morgan fingerprint density at radius 3 is 1.22 bits per heavy atom. The van der Waals surface area contributed by atoms with E-state index in [0.717, 1.165) is 46.3 Å². The molecule has 0 aromatic heterocycles. The van der Waals surface area contributed by atoms with Crippen LogP contribution in [-0.4, -0.2) is 26.0 Å². The quantitative estimate of drug-likeness (QED) is 0.604. The molecule has 27 heavy (non-hydrogen) atoms. The third-order valence-corrected chi connectivity index (χ3v) is 10.4. The van der Waals surface area contributed by atoms with Crippen LogP contribution in [0.15, 0.2) is 0 Å². The molecule has 0 amide bonds. The second-order valence-electron chi connectivity index (χ2n) is 11.5. The van der Waals surface area contributed by atoms with E-state index in [2.05, 4.69) is 34.0 Å². The summed E-state index contributed by atoms with van der Waals surface area (Å²) in [5.74, 6) is 6.69. The van der Waals surface area contributed by atoms with Crippen molar-refractivity contribution in [1.82, 2.24) is 5.32 Å². The van der Waals surface area contributed by atoms with Gasteiger partial charge in [-0.05, 0) is 130 Å². The minimum Gasteiger partial charge on any atom is -0.360 e. The molecule has 8 aliphatic carbocycles. The third kappa shape index (κ3) is 4.17. The smallest absolute Gasteiger partial charge is 0.0634 e. The lowest BCUT2D eigenvalue weighted by molar-refractivity contribution is -0.325. The van der Waals surface area contributed by atoms with Gasteiger partial charge in [0.2, 0.25) is 0 Å². The first kappa shape index (κ1) is 20.7. The van der Waals surface area contributed by atoms with Crippen LogP contribution in [0.2, 0.25) is 0 Å². The number of halogens is 1. The van der Waals surface area contributed by atoms with Gasteiger partial charge < -0.3 is 11.1 Å². The molecule has 0 atom stereocenters. The molecule has 0 spiro atoms. The second-order valence-corrected chi connectivity index (χ2v) is 12.1. The minimum atomic E-state index is 0.740. The van der Waals surface area contributed by atoms with Gasteiger partial charge in [0, 0.05) is 11.9 Å². The summed E-state index contributed by atoms with van der Waals surface area (Å²) in [4.78, 5) is 0. The van der Waals surface area contributed by atoms with Gasteiger partial charge in [-0.3, -0.25) is 0 Å². The highest BCUT2D eigenvalue weighted by molar-refractivity contribution is 9.09. The maximum Gasteiger partial charge on any atom is 0.0634 e. The summed E-state index contributed by atoms with van der Waals surface area (Å²) in [7, 11) is 3.87. The average Bonchev–Trinajstić information content (AvgIpc) is 2.62. The van der Waals surface area contributed by atoms with E-state index >= 15 is 0 Å². The van der Waals surface area contributed by atoms with Gasteiger partial charge in [0.15, 0.2) is 0 Å². The largest absolute Gasteiger partial charge is 0.360 e. The molecule has 0 heterocycles.